The van der Waals surface area contributed by atoms with Crippen molar-refractivity contribution in [1.82, 2.24) is 25.1 Å². The third-order valence-electron chi connectivity index (χ3n) is 5.75. The molecule has 3 heterocycles. The molecule has 2 aromatic heterocycles. The highest BCUT2D eigenvalue weighted by Crippen LogP contribution is 2.28. The van der Waals surface area contributed by atoms with E-state index < -0.39 is 12.0 Å². The summed E-state index contributed by atoms with van der Waals surface area (Å²) in [6.07, 6.45) is 4.76. The molecule has 2 aromatic rings. The van der Waals surface area contributed by atoms with Crippen LogP contribution in [0.25, 0.3) is 5.65 Å². The normalized spacial score (nSPS) is 20.3. The smallest absolute Gasteiger partial charge is 0.355 e. The van der Waals surface area contributed by atoms with Crippen molar-refractivity contribution in [3.05, 3.63) is 29.6 Å². The maximum absolute atomic E-state index is 13.1. The lowest BCUT2D eigenvalue weighted by Gasteiger charge is -2.32. The summed E-state index contributed by atoms with van der Waals surface area (Å²) in [7, 11) is 0. The molecule has 10 heteroatoms. The van der Waals surface area contributed by atoms with Crippen LogP contribution in [0.4, 0.5) is 19.0 Å². The Morgan fingerprint density at radius 3 is 2.83 bits per heavy atom. The Bertz CT molecular complexity index is 938. The molecule has 1 saturated heterocycles. The largest absolute Gasteiger partial charge is 0.453 e. The minimum atomic E-state index is -4.64. The Kier molecular flexibility index (Phi) is 5.92. The van der Waals surface area contributed by atoms with Crippen molar-refractivity contribution < 1.29 is 18.0 Å². The molecule has 0 aromatic carbocycles. The number of alkyl halides is 3. The van der Waals surface area contributed by atoms with E-state index in [2.05, 4.69) is 26.7 Å². The van der Waals surface area contributed by atoms with Crippen molar-refractivity contribution in [3.8, 4) is 0 Å². The predicted molar refractivity (Wildman–Crippen MR) is 105 cm³/mol. The minimum absolute atomic E-state index is 0.00235. The molecule has 7 nitrogen and oxygen atoms in total. The minimum Gasteiger partial charge on any atom is -0.355 e. The molecule has 1 aliphatic heterocycles. The summed E-state index contributed by atoms with van der Waals surface area (Å²) in [6, 6.07) is 3.09. The molecule has 0 bridgehead atoms. The molecule has 2 aliphatic rings. The Balaban J connectivity index is 1.39. The predicted octanol–water partition coefficient (Wildman–Crippen LogP) is 3.37. The van der Waals surface area contributed by atoms with Gasteiger partial charge in [0.2, 0.25) is 5.91 Å². The molecule has 30 heavy (non-hydrogen) atoms. The summed E-state index contributed by atoms with van der Waals surface area (Å²) in [4.78, 5) is 14.5. The first-order chi connectivity index (χ1) is 14.4. The fourth-order valence-electron chi connectivity index (χ4n) is 4.15. The molecule has 4 rings (SSSR count). The summed E-state index contributed by atoms with van der Waals surface area (Å²) >= 11 is 0. The Hall–Kier alpha value is -2.65. The number of nitrogens with one attached hydrogen (secondary N) is 1. The lowest BCUT2D eigenvalue weighted by atomic mass is 9.96. The van der Waals surface area contributed by atoms with Gasteiger partial charge >= 0.3 is 6.18 Å². The van der Waals surface area contributed by atoms with E-state index in [-0.39, 0.29) is 17.5 Å². The molecular weight excluding hydrogens is 397 g/mol. The van der Waals surface area contributed by atoms with Crippen LogP contribution in [0, 0.1) is 5.92 Å². The van der Waals surface area contributed by atoms with Crippen molar-refractivity contribution >= 4 is 17.4 Å². The zero-order valence-corrected chi connectivity index (χ0v) is 16.7. The van der Waals surface area contributed by atoms with Gasteiger partial charge in [-0.3, -0.25) is 4.79 Å². The number of fused-ring (bicyclic) bond motifs is 1. The van der Waals surface area contributed by atoms with Gasteiger partial charge in [0.05, 0.1) is 5.92 Å². The van der Waals surface area contributed by atoms with Crippen molar-refractivity contribution in [2.24, 2.45) is 5.92 Å². The average Bonchev–Trinajstić information content (AvgIpc) is 3.18. The number of hydrogen-bond acceptors (Lipinski definition) is 5. The number of nitrogens with zero attached hydrogens (tertiary/aromatic N) is 5. The number of anilines is 1. The van der Waals surface area contributed by atoms with Gasteiger partial charge in [0, 0.05) is 19.6 Å². The van der Waals surface area contributed by atoms with Gasteiger partial charge in [-0.05, 0) is 57.1 Å². The molecule has 0 unspecified atom stereocenters. The number of carbonyl (C=O) groups is 1. The summed E-state index contributed by atoms with van der Waals surface area (Å²) in [5.41, 5.74) is 1.45. The summed E-state index contributed by atoms with van der Waals surface area (Å²) in [5, 5.41) is 13.9. The number of piperidine rings is 1. The van der Waals surface area contributed by atoms with Crippen molar-refractivity contribution in [2.75, 3.05) is 24.5 Å². The van der Waals surface area contributed by atoms with Gasteiger partial charge in [-0.15, -0.1) is 15.3 Å². The Morgan fingerprint density at radius 1 is 1.20 bits per heavy atom. The quantitative estimate of drug-likeness (QED) is 0.748. The van der Waals surface area contributed by atoms with Crippen molar-refractivity contribution in [1.29, 1.82) is 0 Å². The molecule has 162 valence electrons. The Morgan fingerprint density at radius 2 is 2.07 bits per heavy atom. The van der Waals surface area contributed by atoms with Crippen molar-refractivity contribution in [3.63, 3.8) is 0 Å². The Labute approximate surface area is 172 Å². The molecule has 0 spiro atoms. The van der Waals surface area contributed by atoms with Crippen LogP contribution in [0.5, 0.6) is 0 Å². The lowest BCUT2D eigenvalue weighted by Crippen LogP contribution is -2.43. The third-order valence-corrected chi connectivity index (χ3v) is 5.75. The van der Waals surface area contributed by atoms with Gasteiger partial charge in [0.25, 0.3) is 5.82 Å². The first kappa shape index (κ1) is 20.6. The van der Waals surface area contributed by atoms with Crippen LogP contribution in [-0.4, -0.2) is 45.4 Å². The van der Waals surface area contributed by atoms with Crippen molar-refractivity contribution in [2.45, 2.75) is 51.1 Å². The highest BCUT2D eigenvalue weighted by molar-refractivity contribution is 5.79. The zero-order valence-electron chi connectivity index (χ0n) is 16.7. The number of hydrogen-bond donors (Lipinski definition) is 1. The van der Waals surface area contributed by atoms with Crippen LogP contribution in [0.2, 0.25) is 0 Å². The molecule has 1 atom stereocenters. The van der Waals surface area contributed by atoms with E-state index in [0.717, 1.165) is 36.6 Å². The van der Waals surface area contributed by atoms with Gasteiger partial charge in [0.15, 0.2) is 5.65 Å². The molecule has 1 fully saturated rings. The van der Waals surface area contributed by atoms with Gasteiger partial charge in [-0.25, -0.2) is 0 Å². The molecule has 1 aliphatic carbocycles. The van der Waals surface area contributed by atoms with Crippen LogP contribution in [0.3, 0.4) is 0 Å². The van der Waals surface area contributed by atoms with Crippen LogP contribution in [0.1, 0.15) is 50.8 Å². The van der Waals surface area contributed by atoms with Crippen LogP contribution in [-0.2, 0) is 11.0 Å². The van der Waals surface area contributed by atoms with E-state index in [4.69, 9.17) is 0 Å². The maximum Gasteiger partial charge on any atom is 0.453 e. The number of halogens is 3. The van der Waals surface area contributed by atoms with Gasteiger partial charge in [-0.2, -0.15) is 17.7 Å². The van der Waals surface area contributed by atoms with Crippen LogP contribution < -0.4 is 10.2 Å². The van der Waals surface area contributed by atoms with E-state index in [1.54, 1.807) is 6.07 Å². The highest BCUT2D eigenvalue weighted by Gasteiger charge is 2.38. The highest BCUT2D eigenvalue weighted by atomic mass is 19.4. The summed E-state index contributed by atoms with van der Waals surface area (Å²) < 4.78 is 40.1. The number of rotatable bonds is 5. The second-order valence-electron chi connectivity index (χ2n) is 7.92. The van der Waals surface area contributed by atoms with E-state index >= 15 is 0 Å². The SMILES string of the molecule is O=C(NCCC1=CCCCC1)[C@H]1CCCN(c2ccc3nnc(C(F)(F)F)n3n2)C1. The number of aromatic nitrogens is 4. The second-order valence-corrected chi connectivity index (χ2v) is 7.92. The van der Waals surface area contributed by atoms with Crippen LogP contribution in [0.15, 0.2) is 23.8 Å². The number of allylic oxidation sites excluding steroid dienone is 1. The van der Waals surface area contributed by atoms with E-state index in [1.165, 1.54) is 24.5 Å². The standard InChI is InChI=1S/C20H25F3N6O/c21-20(22,23)19-26-25-16-8-9-17(27-29(16)19)28-12-4-7-15(13-28)18(30)24-11-10-14-5-2-1-3-6-14/h5,8-9,15H,1-4,6-7,10-13H2,(H,24,30)/t15-/m0/s1. The van der Waals surface area contributed by atoms with Gasteiger partial charge in [0.1, 0.15) is 5.82 Å². The first-order valence-electron chi connectivity index (χ1n) is 10.4. The maximum atomic E-state index is 13.1. The summed E-state index contributed by atoms with van der Waals surface area (Å²) in [5.74, 6) is -0.975. The number of amides is 1. The fourth-order valence-corrected chi connectivity index (χ4v) is 4.15. The molecular formula is C20H25F3N6O. The monoisotopic (exact) mass is 422 g/mol. The number of carbonyl (C=O) groups excluding carboxylic acids is 1. The second kappa shape index (κ2) is 8.61. The summed E-state index contributed by atoms with van der Waals surface area (Å²) in [6.45, 7) is 1.69. The third kappa shape index (κ3) is 4.57. The molecule has 0 radical (unpaired) electrons. The van der Waals surface area contributed by atoms with Gasteiger partial charge < -0.3 is 10.2 Å². The van der Waals surface area contributed by atoms with E-state index in [0.29, 0.717) is 25.5 Å². The van der Waals surface area contributed by atoms with Crippen LogP contribution >= 0.6 is 0 Å². The van der Waals surface area contributed by atoms with E-state index in [9.17, 15) is 18.0 Å². The topological polar surface area (TPSA) is 75.4 Å². The zero-order chi connectivity index (χ0) is 21.1. The van der Waals surface area contributed by atoms with Gasteiger partial charge in [-0.1, -0.05) is 11.6 Å². The molecule has 1 N–H and O–H groups in total. The average molecular weight is 422 g/mol. The van der Waals surface area contributed by atoms with E-state index in [1.807, 2.05) is 4.90 Å². The molecule has 0 saturated carbocycles. The molecule has 1 amide bonds. The first-order valence-corrected chi connectivity index (χ1v) is 10.4. The fraction of sp³-hybridized carbons (Fsp3) is 0.600. The lowest BCUT2D eigenvalue weighted by molar-refractivity contribution is -0.146.